The standard InChI is InChI=1S/C16H15F3N2O4S/c1-9-8-26-14(21-9)15(25,16(17,18)19)6-12(22)20-7-10-2-4-11(5-3-10)13(23)24/h2-5,8,25H,6-7H2,1H3,(H,20,22)(H,23,24). The van der Waals surface area contributed by atoms with Gasteiger partial charge in [0.15, 0.2) is 0 Å². The van der Waals surface area contributed by atoms with E-state index in [1.807, 2.05) is 0 Å². The fourth-order valence-corrected chi connectivity index (χ4v) is 3.02. The molecule has 1 amide bonds. The molecule has 6 nitrogen and oxygen atoms in total. The molecule has 0 radical (unpaired) electrons. The number of benzene rings is 1. The highest BCUT2D eigenvalue weighted by atomic mass is 32.1. The average Bonchev–Trinajstić information content (AvgIpc) is 2.99. The number of carbonyl (C=O) groups excluding carboxylic acids is 1. The predicted octanol–water partition coefficient (Wildman–Crippen LogP) is 2.61. The predicted molar refractivity (Wildman–Crippen MR) is 86.7 cm³/mol. The van der Waals surface area contributed by atoms with Gasteiger partial charge in [-0.2, -0.15) is 13.2 Å². The molecular formula is C16H15F3N2O4S. The molecule has 2 rings (SSSR count). The van der Waals surface area contributed by atoms with Crippen LogP contribution in [0.15, 0.2) is 29.6 Å². The number of alkyl halides is 3. The number of carbonyl (C=O) groups is 2. The minimum absolute atomic E-state index is 0.0469. The van der Waals surface area contributed by atoms with Crippen LogP contribution in [-0.2, 0) is 16.9 Å². The molecule has 1 heterocycles. The molecule has 0 saturated heterocycles. The lowest BCUT2D eigenvalue weighted by Gasteiger charge is -2.27. The van der Waals surface area contributed by atoms with Crippen LogP contribution in [0.2, 0.25) is 0 Å². The molecule has 140 valence electrons. The van der Waals surface area contributed by atoms with E-state index >= 15 is 0 Å². The van der Waals surface area contributed by atoms with Gasteiger partial charge in [-0.3, -0.25) is 4.79 Å². The average molecular weight is 388 g/mol. The minimum Gasteiger partial charge on any atom is -0.478 e. The largest absolute Gasteiger partial charge is 0.478 e. The second kappa shape index (κ2) is 7.42. The summed E-state index contributed by atoms with van der Waals surface area (Å²) in [4.78, 5) is 26.4. The Morgan fingerprint density at radius 3 is 2.31 bits per heavy atom. The molecule has 0 fully saturated rings. The molecule has 0 spiro atoms. The van der Waals surface area contributed by atoms with Gasteiger partial charge in [0.2, 0.25) is 11.5 Å². The van der Waals surface area contributed by atoms with Gasteiger partial charge >= 0.3 is 12.1 Å². The summed E-state index contributed by atoms with van der Waals surface area (Å²) in [6.07, 6.45) is -6.30. The monoisotopic (exact) mass is 388 g/mol. The highest BCUT2D eigenvalue weighted by Crippen LogP contribution is 2.42. The zero-order valence-electron chi connectivity index (χ0n) is 13.5. The minimum atomic E-state index is -5.07. The Labute approximate surface area is 150 Å². The van der Waals surface area contributed by atoms with Crippen molar-refractivity contribution in [3.63, 3.8) is 0 Å². The summed E-state index contributed by atoms with van der Waals surface area (Å²) in [5, 5.41) is 21.9. The van der Waals surface area contributed by atoms with Crippen LogP contribution in [0.1, 0.15) is 33.0 Å². The van der Waals surface area contributed by atoms with Gasteiger partial charge in [-0.15, -0.1) is 11.3 Å². The fourth-order valence-electron chi connectivity index (χ4n) is 2.10. The Bertz CT molecular complexity index is 805. The van der Waals surface area contributed by atoms with Gasteiger partial charge < -0.3 is 15.5 Å². The van der Waals surface area contributed by atoms with E-state index in [0.717, 1.165) is 0 Å². The molecule has 1 aromatic heterocycles. The van der Waals surface area contributed by atoms with E-state index in [9.17, 15) is 27.9 Å². The maximum atomic E-state index is 13.3. The lowest BCUT2D eigenvalue weighted by atomic mass is 9.99. The van der Waals surface area contributed by atoms with Crippen LogP contribution < -0.4 is 5.32 Å². The summed E-state index contributed by atoms with van der Waals surface area (Å²) in [6.45, 7) is 1.38. The number of hydrogen-bond donors (Lipinski definition) is 3. The molecule has 0 aliphatic carbocycles. The zero-order valence-corrected chi connectivity index (χ0v) is 14.3. The SMILES string of the molecule is Cc1csc(C(O)(CC(=O)NCc2ccc(C(=O)O)cc2)C(F)(F)F)n1. The van der Waals surface area contributed by atoms with Gasteiger partial charge in [-0.1, -0.05) is 12.1 Å². The van der Waals surface area contributed by atoms with Crippen LogP contribution in [-0.4, -0.2) is 33.2 Å². The van der Waals surface area contributed by atoms with Gasteiger partial charge in [0.25, 0.3) is 0 Å². The molecule has 0 aliphatic rings. The van der Waals surface area contributed by atoms with Crippen molar-refractivity contribution in [3.05, 3.63) is 51.5 Å². The number of rotatable bonds is 6. The molecule has 1 atom stereocenters. The molecule has 2 aromatic rings. The van der Waals surface area contributed by atoms with Gasteiger partial charge in [0.05, 0.1) is 12.0 Å². The Morgan fingerprint density at radius 1 is 1.23 bits per heavy atom. The molecule has 1 aromatic carbocycles. The highest BCUT2D eigenvalue weighted by Gasteiger charge is 2.58. The van der Waals surface area contributed by atoms with E-state index in [1.54, 1.807) is 0 Å². The maximum absolute atomic E-state index is 13.3. The number of amides is 1. The summed E-state index contributed by atoms with van der Waals surface area (Å²) in [5.41, 5.74) is -2.51. The molecule has 10 heteroatoms. The number of nitrogens with one attached hydrogen (secondary N) is 1. The van der Waals surface area contributed by atoms with Crippen molar-refractivity contribution >= 4 is 23.2 Å². The van der Waals surface area contributed by atoms with E-state index in [4.69, 9.17) is 5.11 Å². The van der Waals surface area contributed by atoms with Crippen LogP contribution >= 0.6 is 11.3 Å². The first-order valence-corrected chi connectivity index (χ1v) is 8.21. The third-order valence-electron chi connectivity index (χ3n) is 3.55. The van der Waals surface area contributed by atoms with Crippen LogP contribution in [0.4, 0.5) is 13.2 Å². The second-order valence-corrected chi connectivity index (χ2v) is 6.47. The Morgan fingerprint density at radius 2 is 1.85 bits per heavy atom. The number of aromatic nitrogens is 1. The van der Waals surface area contributed by atoms with Gasteiger partial charge in [-0.05, 0) is 24.6 Å². The number of aliphatic hydroxyl groups is 1. The summed E-state index contributed by atoms with van der Waals surface area (Å²) >= 11 is 0.627. The number of carboxylic acids is 1. The number of aromatic carboxylic acids is 1. The number of nitrogens with zero attached hydrogens (tertiary/aromatic N) is 1. The zero-order chi connectivity index (χ0) is 19.5. The van der Waals surface area contributed by atoms with E-state index < -0.39 is 35.1 Å². The summed E-state index contributed by atoms with van der Waals surface area (Å²) in [7, 11) is 0. The third-order valence-corrected chi connectivity index (χ3v) is 4.66. The fraction of sp³-hybridized carbons (Fsp3) is 0.312. The first-order valence-electron chi connectivity index (χ1n) is 7.33. The van der Waals surface area contributed by atoms with Gasteiger partial charge in [-0.25, -0.2) is 9.78 Å². The van der Waals surface area contributed by atoms with Crippen molar-refractivity contribution in [1.29, 1.82) is 0 Å². The number of halogens is 3. The lowest BCUT2D eigenvalue weighted by molar-refractivity contribution is -0.267. The summed E-state index contributed by atoms with van der Waals surface area (Å²) in [6, 6.07) is 5.50. The topological polar surface area (TPSA) is 99.5 Å². The van der Waals surface area contributed by atoms with Crippen molar-refractivity contribution in [1.82, 2.24) is 10.3 Å². The number of thiazole rings is 1. The van der Waals surface area contributed by atoms with Gasteiger partial charge in [0.1, 0.15) is 5.01 Å². The lowest BCUT2D eigenvalue weighted by Crippen LogP contribution is -2.46. The molecule has 0 aliphatic heterocycles. The second-order valence-electron chi connectivity index (χ2n) is 5.61. The number of aryl methyl sites for hydroxylation is 1. The Kier molecular flexibility index (Phi) is 5.67. The van der Waals surface area contributed by atoms with Crippen LogP contribution in [0.25, 0.3) is 0 Å². The van der Waals surface area contributed by atoms with Gasteiger partial charge in [0, 0.05) is 17.6 Å². The first kappa shape index (κ1) is 19.9. The molecular weight excluding hydrogens is 373 g/mol. The van der Waals surface area contributed by atoms with Crippen LogP contribution in [0.5, 0.6) is 0 Å². The van der Waals surface area contributed by atoms with Crippen LogP contribution in [0, 0.1) is 6.92 Å². The molecule has 0 bridgehead atoms. The quantitative estimate of drug-likeness (QED) is 0.707. The molecule has 0 saturated carbocycles. The summed E-state index contributed by atoms with van der Waals surface area (Å²) < 4.78 is 40.0. The van der Waals surface area contributed by atoms with Crippen molar-refractivity contribution in [2.75, 3.05) is 0 Å². The smallest absolute Gasteiger partial charge is 0.424 e. The van der Waals surface area contributed by atoms with E-state index in [-0.39, 0.29) is 12.1 Å². The van der Waals surface area contributed by atoms with Crippen molar-refractivity contribution < 1.29 is 33.0 Å². The van der Waals surface area contributed by atoms with E-state index in [1.165, 1.54) is 36.6 Å². The maximum Gasteiger partial charge on any atom is 0.424 e. The normalized spacial score (nSPS) is 13.9. The van der Waals surface area contributed by atoms with Crippen molar-refractivity contribution in [3.8, 4) is 0 Å². The first-order chi connectivity index (χ1) is 12.0. The van der Waals surface area contributed by atoms with Crippen molar-refractivity contribution in [2.24, 2.45) is 0 Å². The highest BCUT2D eigenvalue weighted by molar-refractivity contribution is 7.09. The number of carboxylic acid groups (broad SMARTS) is 1. The Hall–Kier alpha value is -2.46. The third kappa shape index (κ3) is 4.38. The molecule has 26 heavy (non-hydrogen) atoms. The van der Waals surface area contributed by atoms with E-state index in [2.05, 4.69) is 10.3 Å². The van der Waals surface area contributed by atoms with E-state index in [0.29, 0.717) is 22.6 Å². The van der Waals surface area contributed by atoms with Crippen LogP contribution in [0.3, 0.4) is 0 Å². The summed E-state index contributed by atoms with van der Waals surface area (Å²) in [5.74, 6) is -2.13. The molecule has 1 unspecified atom stereocenters. The number of hydrogen-bond acceptors (Lipinski definition) is 5. The Balaban J connectivity index is 2.07. The van der Waals surface area contributed by atoms with Crippen molar-refractivity contribution in [2.45, 2.75) is 31.7 Å². The molecule has 3 N–H and O–H groups in total.